The van der Waals surface area contributed by atoms with Crippen LogP contribution < -0.4 is 0 Å². The Morgan fingerprint density at radius 1 is 1.00 bits per heavy atom. The number of aromatic carboxylic acids is 1. The van der Waals surface area contributed by atoms with Crippen LogP contribution in [0.25, 0.3) is 10.4 Å². The quantitative estimate of drug-likeness (QED) is 0.592. The van der Waals surface area contributed by atoms with Gasteiger partial charge in [0, 0.05) is 4.88 Å². The minimum Gasteiger partial charge on any atom is -0.477 e. The van der Waals surface area contributed by atoms with Crippen molar-refractivity contribution in [1.82, 2.24) is 0 Å². The number of hydrogen-bond donors (Lipinski definition) is 1. The van der Waals surface area contributed by atoms with Crippen LogP contribution in [-0.4, -0.2) is 19.5 Å². The molecule has 0 fully saturated rings. The Bertz CT molecular complexity index is 1070. The van der Waals surface area contributed by atoms with Gasteiger partial charge in [-0.15, -0.1) is 11.3 Å². The maximum absolute atomic E-state index is 12.7. The second kappa shape index (κ2) is 7.40. The SMILES string of the molecule is O=C(O)c1sc(-c2ccccc2)cc1CS(=O)(=O)c1ccc(Cl)c(Cl)c1. The molecule has 0 amide bonds. The molecule has 4 nitrogen and oxygen atoms in total. The van der Waals surface area contributed by atoms with Crippen molar-refractivity contribution in [2.75, 3.05) is 0 Å². The molecular formula is C18H12Cl2O4S2. The number of halogens is 2. The van der Waals surface area contributed by atoms with Gasteiger partial charge < -0.3 is 5.11 Å². The highest BCUT2D eigenvalue weighted by atomic mass is 35.5. The Labute approximate surface area is 164 Å². The highest BCUT2D eigenvalue weighted by molar-refractivity contribution is 7.90. The number of carboxylic acid groups (broad SMARTS) is 1. The van der Waals surface area contributed by atoms with E-state index in [0.29, 0.717) is 4.88 Å². The fourth-order valence-electron chi connectivity index (χ4n) is 2.42. The first kappa shape index (κ1) is 18.9. The number of rotatable bonds is 5. The van der Waals surface area contributed by atoms with Crippen molar-refractivity contribution in [1.29, 1.82) is 0 Å². The van der Waals surface area contributed by atoms with Gasteiger partial charge in [-0.25, -0.2) is 13.2 Å². The van der Waals surface area contributed by atoms with E-state index in [-0.39, 0.29) is 25.4 Å². The zero-order valence-electron chi connectivity index (χ0n) is 13.1. The number of thiophene rings is 1. The fraction of sp³-hybridized carbons (Fsp3) is 0.0556. The zero-order chi connectivity index (χ0) is 18.9. The first-order valence-corrected chi connectivity index (χ1v) is 10.6. The Balaban J connectivity index is 2.02. The lowest BCUT2D eigenvalue weighted by Gasteiger charge is -2.05. The van der Waals surface area contributed by atoms with E-state index in [9.17, 15) is 18.3 Å². The smallest absolute Gasteiger partial charge is 0.346 e. The summed E-state index contributed by atoms with van der Waals surface area (Å²) >= 11 is 12.8. The van der Waals surface area contributed by atoms with Gasteiger partial charge in [-0.05, 0) is 35.4 Å². The van der Waals surface area contributed by atoms with Gasteiger partial charge in [-0.3, -0.25) is 0 Å². The van der Waals surface area contributed by atoms with Gasteiger partial charge in [-0.2, -0.15) is 0 Å². The van der Waals surface area contributed by atoms with Crippen LogP contribution in [0.4, 0.5) is 0 Å². The standard InChI is InChI=1S/C18H12Cl2O4S2/c19-14-7-6-13(9-15(14)20)26(23,24)10-12-8-16(25-17(12)18(21)22)11-4-2-1-3-5-11/h1-9H,10H2,(H,21,22). The molecule has 1 heterocycles. The molecule has 3 rings (SSSR count). The van der Waals surface area contributed by atoms with Crippen LogP contribution in [0.5, 0.6) is 0 Å². The van der Waals surface area contributed by atoms with Crippen molar-refractivity contribution in [3.05, 3.63) is 75.1 Å². The van der Waals surface area contributed by atoms with Gasteiger partial charge in [0.15, 0.2) is 9.84 Å². The van der Waals surface area contributed by atoms with Crippen LogP contribution in [0.15, 0.2) is 59.5 Å². The summed E-state index contributed by atoms with van der Waals surface area (Å²) in [4.78, 5) is 12.3. The minimum atomic E-state index is -3.78. The Kier molecular flexibility index (Phi) is 5.39. The van der Waals surface area contributed by atoms with E-state index in [1.54, 1.807) is 6.07 Å². The molecule has 8 heteroatoms. The molecule has 26 heavy (non-hydrogen) atoms. The van der Waals surface area contributed by atoms with Crippen molar-refractivity contribution in [2.45, 2.75) is 10.6 Å². The number of carboxylic acids is 1. The normalized spacial score (nSPS) is 11.5. The number of sulfone groups is 1. The summed E-state index contributed by atoms with van der Waals surface area (Å²) in [6.07, 6.45) is 0. The highest BCUT2D eigenvalue weighted by Crippen LogP contribution is 2.34. The molecule has 1 N–H and O–H groups in total. The molecular weight excluding hydrogens is 415 g/mol. The lowest BCUT2D eigenvalue weighted by molar-refractivity contribution is 0.0701. The molecule has 0 spiro atoms. The summed E-state index contributed by atoms with van der Waals surface area (Å²) in [6, 6.07) is 14.8. The Hall–Kier alpha value is -1.86. The third kappa shape index (κ3) is 3.94. The van der Waals surface area contributed by atoms with Crippen molar-refractivity contribution < 1.29 is 18.3 Å². The van der Waals surface area contributed by atoms with E-state index in [4.69, 9.17) is 23.2 Å². The molecule has 0 saturated carbocycles. The second-order valence-electron chi connectivity index (χ2n) is 5.47. The van der Waals surface area contributed by atoms with E-state index in [2.05, 4.69) is 0 Å². The molecule has 2 aromatic carbocycles. The molecule has 0 aliphatic heterocycles. The summed E-state index contributed by atoms with van der Waals surface area (Å²) in [6.45, 7) is 0. The molecule has 0 radical (unpaired) electrons. The van der Waals surface area contributed by atoms with Gasteiger partial charge in [0.1, 0.15) is 4.88 Å². The van der Waals surface area contributed by atoms with Crippen LogP contribution in [0, 0.1) is 0 Å². The molecule has 0 unspecified atom stereocenters. The van der Waals surface area contributed by atoms with E-state index < -0.39 is 21.6 Å². The average molecular weight is 427 g/mol. The molecule has 134 valence electrons. The van der Waals surface area contributed by atoms with Gasteiger partial charge in [-0.1, -0.05) is 53.5 Å². The lowest BCUT2D eigenvalue weighted by atomic mass is 10.1. The molecule has 0 saturated heterocycles. The van der Waals surface area contributed by atoms with Crippen LogP contribution >= 0.6 is 34.5 Å². The van der Waals surface area contributed by atoms with Crippen LogP contribution in [-0.2, 0) is 15.6 Å². The fourth-order valence-corrected chi connectivity index (χ4v) is 5.28. The summed E-state index contributed by atoms with van der Waals surface area (Å²) < 4.78 is 25.4. The first-order chi connectivity index (χ1) is 12.3. The lowest BCUT2D eigenvalue weighted by Crippen LogP contribution is -2.07. The van der Waals surface area contributed by atoms with Crippen molar-refractivity contribution in [3.8, 4) is 10.4 Å². The van der Waals surface area contributed by atoms with E-state index in [1.807, 2.05) is 30.3 Å². The molecule has 0 aliphatic carbocycles. The first-order valence-electron chi connectivity index (χ1n) is 7.37. The Morgan fingerprint density at radius 3 is 2.31 bits per heavy atom. The maximum atomic E-state index is 12.7. The third-order valence-electron chi connectivity index (χ3n) is 3.66. The molecule has 1 aromatic heterocycles. The van der Waals surface area contributed by atoms with Crippen molar-refractivity contribution in [2.24, 2.45) is 0 Å². The molecule has 3 aromatic rings. The van der Waals surface area contributed by atoms with Gasteiger partial charge >= 0.3 is 5.97 Å². The largest absolute Gasteiger partial charge is 0.477 e. The average Bonchev–Trinajstić information content (AvgIpc) is 3.01. The van der Waals surface area contributed by atoms with Crippen molar-refractivity contribution in [3.63, 3.8) is 0 Å². The van der Waals surface area contributed by atoms with E-state index >= 15 is 0 Å². The van der Waals surface area contributed by atoms with Gasteiger partial charge in [0.2, 0.25) is 0 Å². The third-order valence-corrected chi connectivity index (χ3v) is 7.27. The number of carbonyl (C=O) groups is 1. The second-order valence-corrected chi connectivity index (χ2v) is 9.33. The van der Waals surface area contributed by atoms with Crippen LogP contribution in [0.3, 0.4) is 0 Å². The summed E-state index contributed by atoms with van der Waals surface area (Å²) in [7, 11) is -3.78. The number of hydrogen-bond acceptors (Lipinski definition) is 4. The zero-order valence-corrected chi connectivity index (χ0v) is 16.3. The maximum Gasteiger partial charge on any atom is 0.346 e. The topological polar surface area (TPSA) is 71.4 Å². The molecule has 0 aliphatic rings. The Morgan fingerprint density at radius 2 is 1.69 bits per heavy atom. The van der Waals surface area contributed by atoms with Gasteiger partial charge in [0.05, 0.1) is 20.7 Å². The predicted octanol–water partition coefficient (Wildman–Crippen LogP) is 5.39. The number of benzene rings is 2. The molecule has 0 atom stereocenters. The van der Waals surface area contributed by atoms with Crippen LogP contribution in [0.1, 0.15) is 15.2 Å². The summed E-state index contributed by atoms with van der Waals surface area (Å²) in [5.41, 5.74) is 1.07. The van der Waals surface area contributed by atoms with E-state index in [0.717, 1.165) is 16.9 Å². The van der Waals surface area contributed by atoms with Gasteiger partial charge in [0.25, 0.3) is 0 Å². The van der Waals surface area contributed by atoms with Crippen molar-refractivity contribution >= 4 is 50.3 Å². The highest BCUT2D eigenvalue weighted by Gasteiger charge is 2.23. The molecule has 0 bridgehead atoms. The predicted molar refractivity (Wildman–Crippen MR) is 104 cm³/mol. The summed E-state index contributed by atoms with van der Waals surface area (Å²) in [5.74, 6) is -1.59. The monoisotopic (exact) mass is 426 g/mol. The summed E-state index contributed by atoms with van der Waals surface area (Å²) in [5, 5.41) is 9.83. The minimum absolute atomic E-state index is 0.00398. The van der Waals surface area contributed by atoms with Crippen LogP contribution in [0.2, 0.25) is 10.0 Å². The van der Waals surface area contributed by atoms with E-state index in [1.165, 1.54) is 18.2 Å².